The van der Waals surface area contributed by atoms with Gasteiger partial charge in [-0.25, -0.2) is 0 Å². The highest BCUT2D eigenvalue weighted by Crippen LogP contribution is 2.47. The van der Waals surface area contributed by atoms with E-state index >= 15 is 0 Å². The highest BCUT2D eigenvalue weighted by Gasteiger charge is 2.25. The maximum Gasteiger partial charge on any atom is 0.0641 e. The van der Waals surface area contributed by atoms with Gasteiger partial charge in [-0.2, -0.15) is 0 Å². The topological polar surface area (TPSA) is 24.6 Å². The Morgan fingerprint density at radius 3 is 0.817 bits per heavy atom. The van der Waals surface area contributed by atoms with E-state index in [9.17, 15) is 0 Å². The minimum absolute atomic E-state index is 1.12. The molecule has 0 radical (unpaired) electrons. The summed E-state index contributed by atoms with van der Waals surface area (Å²) >= 11 is 0. The molecule has 330 valence electrons. The Hall–Kier alpha value is -9.58. The summed E-state index contributed by atoms with van der Waals surface area (Å²) in [6.07, 6.45) is 0. The van der Waals surface area contributed by atoms with E-state index in [1.807, 2.05) is 0 Å². The fraction of sp³-hybridized carbons (Fsp3) is 0. The Labute approximate surface area is 407 Å². The van der Waals surface area contributed by atoms with Crippen molar-refractivity contribution in [1.82, 2.24) is 22.8 Å². The van der Waals surface area contributed by atoms with Gasteiger partial charge in [0.05, 0.1) is 55.2 Å². The van der Waals surface area contributed by atoms with Gasteiger partial charge in [-0.3, -0.25) is 0 Å². The molecule has 0 aliphatic carbocycles. The molecule has 0 spiro atoms. The summed E-state index contributed by atoms with van der Waals surface area (Å²) in [4.78, 5) is 0. The zero-order chi connectivity index (χ0) is 46.3. The van der Waals surface area contributed by atoms with Crippen molar-refractivity contribution in [3.63, 3.8) is 0 Å². The van der Waals surface area contributed by atoms with Gasteiger partial charge in [0.15, 0.2) is 0 Å². The Bertz CT molecular complexity index is 4480. The Morgan fingerprint density at radius 2 is 0.451 bits per heavy atom. The van der Waals surface area contributed by atoms with Gasteiger partial charge in [-0.1, -0.05) is 152 Å². The van der Waals surface area contributed by atoms with Gasteiger partial charge in [0.2, 0.25) is 0 Å². The number of benzene rings is 11. The van der Waals surface area contributed by atoms with Crippen LogP contribution in [0.5, 0.6) is 0 Å². The quantitative estimate of drug-likeness (QED) is 0.164. The molecule has 0 saturated carbocycles. The van der Waals surface area contributed by atoms with Gasteiger partial charge in [-0.15, -0.1) is 0 Å². The van der Waals surface area contributed by atoms with E-state index in [1.54, 1.807) is 0 Å². The molecule has 16 rings (SSSR count). The number of hydrogen-bond donors (Lipinski definition) is 0. The van der Waals surface area contributed by atoms with Crippen molar-refractivity contribution in [2.75, 3.05) is 0 Å². The normalized spacial score (nSPS) is 12.2. The average Bonchev–Trinajstić information content (AvgIpc) is 4.23. The van der Waals surface area contributed by atoms with Crippen molar-refractivity contribution in [3.05, 3.63) is 249 Å². The summed E-state index contributed by atoms with van der Waals surface area (Å²) in [6.45, 7) is 0. The first-order valence-electron chi connectivity index (χ1n) is 24.4. The molecule has 0 bridgehead atoms. The minimum atomic E-state index is 1.12. The third-order valence-electron chi connectivity index (χ3n) is 15.2. The maximum atomic E-state index is 2.56. The minimum Gasteiger partial charge on any atom is -0.309 e. The van der Waals surface area contributed by atoms with Crippen LogP contribution in [-0.4, -0.2) is 22.8 Å². The standard InChI is InChI=1S/C66H41N5/c1-2-18-42(19-3-1)71-65-51(36-38-61-63(65)53-28-8-14-34-59(53)69(61)45-22-16-20-43(40-45)67-55-30-10-4-24-47(55)48-25-5-11-31-56(48)67)52-37-39-62-64(66(52)71)54-29-9-15-35-60(54)70(62)46-23-17-21-44(41-46)68-57-32-12-6-26-49(57)50-27-7-13-33-58(50)68/h1-41H. The first kappa shape index (κ1) is 38.4. The van der Waals surface area contributed by atoms with Gasteiger partial charge in [-0.05, 0) is 97.1 Å². The lowest BCUT2D eigenvalue weighted by Crippen LogP contribution is -1.99. The molecule has 5 heterocycles. The maximum absolute atomic E-state index is 2.56. The zero-order valence-electron chi connectivity index (χ0n) is 38.4. The molecule has 0 saturated heterocycles. The Balaban J connectivity index is 0.980. The molecule has 5 aromatic heterocycles. The summed E-state index contributed by atoms with van der Waals surface area (Å²) in [6, 6.07) is 91.5. The lowest BCUT2D eigenvalue weighted by atomic mass is 10.1. The van der Waals surface area contributed by atoms with Crippen molar-refractivity contribution in [2.24, 2.45) is 0 Å². The van der Waals surface area contributed by atoms with Crippen LogP contribution in [0.25, 0.3) is 137 Å². The summed E-state index contributed by atoms with van der Waals surface area (Å²) in [5.74, 6) is 0. The van der Waals surface area contributed by atoms with E-state index in [0.717, 1.165) is 28.4 Å². The second-order valence-corrected chi connectivity index (χ2v) is 18.9. The molecular formula is C66H41N5. The average molecular weight is 904 g/mol. The van der Waals surface area contributed by atoms with Crippen molar-refractivity contribution in [1.29, 1.82) is 0 Å². The molecule has 5 heteroatoms. The highest BCUT2D eigenvalue weighted by molar-refractivity contribution is 6.31. The molecule has 11 aromatic carbocycles. The van der Waals surface area contributed by atoms with E-state index in [2.05, 4.69) is 272 Å². The second-order valence-electron chi connectivity index (χ2n) is 18.9. The molecule has 71 heavy (non-hydrogen) atoms. The Morgan fingerprint density at radius 1 is 0.169 bits per heavy atom. The van der Waals surface area contributed by atoms with E-state index in [4.69, 9.17) is 0 Å². The fourth-order valence-corrected chi connectivity index (χ4v) is 12.4. The molecule has 0 fully saturated rings. The Kier molecular flexibility index (Phi) is 7.82. The largest absolute Gasteiger partial charge is 0.309 e. The van der Waals surface area contributed by atoms with E-state index in [1.165, 1.54) is 109 Å². The third-order valence-corrected chi connectivity index (χ3v) is 15.2. The van der Waals surface area contributed by atoms with Crippen LogP contribution in [0.15, 0.2) is 249 Å². The smallest absolute Gasteiger partial charge is 0.0641 e. The summed E-state index contributed by atoms with van der Waals surface area (Å²) in [5.41, 5.74) is 17.5. The summed E-state index contributed by atoms with van der Waals surface area (Å²) < 4.78 is 12.3. The molecule has 0 amide bonds. The molecular weight excluding hydrogens is 863 g/mol. The van der Waals surface area contributed by atoms with Gasteiger partial charge >= 0.3 is 0 Å². The van der Waals surface area contributed by atoms with Crippen LogP contribution in [0, 0.1) is 0 Å². The number of rotatable bonds is 5. The van der Waals surface area contributed by atoms with E-state index in [0.29, 0.717) is 0 Å². The van der Waals surface area contributed by atoms with E-state index in [-0.39, 0.29) is 0 Å². The SMILES string of the molecule is c1ccc(-n2c3c(ccc4c3c3ccccc3n4-c3cccc(-n4c5ccccc5c5ccccc54)c3)c3ccc4c(c5ccccc5n4-c4cccc(-n5c6ccccc6c6ccccc65)c4)c32)cc1. The summed E-state index contributed by atoms with van der Waals surface area (Å²) in [5, 5.41) is 12.4. The number of aromatic nitrogens is 5. The molecule has 16 aromatic rings. The van der Waals surface area contributed by atoms with Crippen LogP contribution < -0.4 is 0 Å². The van der Waals surface area contributed by atoms with Crippen LogP contribution in [0.4, 0.5) is 0 Å². The predicted molar refractivity (Wildman–Crippen MR) is 298 cm³/mol. The number of nitrogens with zero attached hydrogens (tertiary/aromatic N) is 5. The lowest BCUT2D eigenvalue weighted by Gasteiger charge is -2.13. The number of para-hydroxylation sites is 7. The molecule has 0 aliphatic heterocycles. The van der Waals surface area contributed by atoms with Crippen LogP contribution in [0.2, 0.25) is 0 Å². The van der Waals surface area contributed by atoms with Crippen LogP contribution >= 0.6 is 0 Å². The highest BCUT2D eigenvalue weighted by atomic mass is 15.0. The fourth-order valence-electron chi connectivity index (χ4n) is 12.4. The zero-order valence-corrected chi connectivity index (χ0v) is 38.4. The van der Waals surface area contributed by atoms with Gasteiger partial charge in [0.1, 0.15) is 0 Å². The van der Waals surface area contributed by atoms with Crippen molar-refractivity contribution < 1.29 is 0 Å². The van der Waals surface area contributed by atoms with Crippen LogP contribution in [0.1, 0.15) is 0 Å². The van der Waals surface area contributed by atoms with Gasteiger partial charge in [0, 0.05) is 82.3 Å². The molecule has 0 N–H and O–H groups in total. The van der Waals surface area contributed by atoms with Crippen molar-refractivity contribution in [2.45, 2.75) is 0 Å². The molecule has 0 unspecified atom stereocenters. The summed E-state index contributed by atoms with van der Waals surface area (Å²) in [7, 11) is 0. The van der Waals surface area contributed by atoms with Gasteiger partial charge in [0.25, 0.3) is 0 Å². The predicted octanol–water partition coefficient (Wildman–Crippen LogP) is 17.2. The number of hydrogen-bond acceptors (Lipinski definition) is 0. The molecule has 0 aliphatic rings. The first-order chi connectivity index (χ1) is 35.3. The van der Waals surface area contributed by atoms with Crippen molar-refractivity contribution in [3.8, 4) is 28.4 Å². The van der Waals surface area contributed by atoms with Crippen LogP contribution in [-0.2, 0) is 0 Å². The molecule has 5 nitrogen and oxygen atoms in total. The van der Waals surface area contributed by atoms with Gasteiger partial charge < -0.3 is 22.8 Å². The second kappa shape index (κ2) is 14.5. The lowest BCUT2D eigenvalue weighted by molar-refractivity contribution is 1.13. The van der Waals surface area contributed by atoms with Crippen LogP contribution in [0.3, 0.4) is 0 Å². The molecule has 0 atom stereocenters. The van der Waals surface area contributed by atoms with Crippen molar-refractivity contribution >= 4 is 109 Å². The number of fused-ring (bicyclic) bond motifs is 17. The monoisotopic (exact) mass is 903 g/mol. The first-order valence-corrected chi connectivity index (χ1v) is 24.4. The van der Waals surface area contributed by atoms with E-state index < -0.39 is 0 Å². The third kappa shape index (κ3) is 5.24.